The van der Waals surface area contributed by atoms with E-state index in [-0.39, 0.29) is 16.0 Å². The number of carboxylic acid groups (broad SMARTS) is 1. The van der Waals surface area contributed by atoms with Gasteiger partial charge in [0, 0.05) is 24.2 Å². The van der Waals surface area contributed by atoms with Crippen molar-refractivity contribution in [2.45, 2.75) is 44.4 Å². The molecule has 2 N–H and O–H groups in total. The van der Waals surface area contributed by atoms with Gasteiger partial charge < -0.3 is 10.0 Å². The van der Waals surface area contributed by atoms with E-state index < -0.39 is 21.9 Å². The van der Waals surface area contributed by atoms with E-state index in [9.17, 15) is 23.1 Å². The molecular weight excluding hydrogens is 526 g/mol. The fourth-order valence-electron chi connectivity index (χ4n) is 4.45. The lowest BCUT2D eigenvalue weighted by molar-refractivity contribution is 0.0697. The third-order valence-corrected chi connectivity index (χ3v) is 8.00. The normalized spacial score (nSPS) is 11.3. The van der Waals surface area contributed by atoms with Gasteiger partial charge in [0.05, 0.1) is 16.2 Å². The van der Waals surface area contributed by atoms with Crippen LogP contribution in [-0.2, 0) is 10.0 Å². The molecule has 0 aliphatic carbocycles. The average molecular weight is 560 g/mol. The summed E-state index contributed by atoms with van der Waals surface area (Å²) in [4.78, 5) is 32.1. The predicted molar refractivity (Wildman–Crippen MR) is 157 cm³/mol. The molecule has 40 heavy (non-hydrogen) atoms. The van der Waals surface area contributed by atoms with E-state index in [2.05, 4.69) is 23.5 Å². The van der Waals surface area contributed by atoms with Gasteiger partial charge in [0.25, 0.3) is 15.9 Å². The molecule has 0 aliphatic heterocycles. The fourth-order valence-corrected chi connectivity index (χ4v) is 5.46. The van der Waals surface area contributed by atoms with Crippen molar-refractivity contribution in [3.8, 4) is 11.3 Å². The first-order valence-corrected chi connectivity index (χ1v) is 14.9. The smallest absolute Gasteiger partial charge is 0.336 e. The van der Waals surface area contributed by atoms with Gasteiger partial charge >= 0.3 is 5.97 Å². The van der Waals surface area contributed by atoms with Crippen LogP contribution >= 0.6 is 0 Å². The molecule has 8 nitrogen and oxygen atoms in total. The van der Waals surface area contributed by atoms with E-state index in [4.69, 9.17) is 4.98 Å². The number of carboxylic acids is 1. The summed E-state index contributed by atoms with van der Waals surface area (Å²) in [6.07, 6.45) is 4.13. The lowest BCUT2D eigenvalue weighted by Gasteiger charge is -2.24. The number of hydrogen-bond donors (Lipinski definition) is 2. The molecule has 208 valence electrons. The zero-order valence-corrected chi connectivity index (χ0v) is 23.4. The molecule has 0 fully saturated rings. The highest BCUT2D eigenvalue weighted by atomic mass is 32.2. The minimum atomic E-state index is -4.19. The molecule has 4 aromatic rings. The van der Waals surface area contributed by atoms with Crippen molar-refractivity contribution in [1.82, 2.24) is 9.71 Å². The Kier molecular flexibility index (Phi) is 9.16. The first-order valence-electron chi connectivity index (χ1n) is 13.4. The Bertz CT molecular complexity index is 1630. The summed E-state index contributed by atoms with van der Waals surface area (Å²) in [5.74, 6) is -1.41. The Hall–Kier alpha value is -4.24. The van der Waals surface area contributed by atoms with Crippen LogP contribution in [0.4, 0.5) is 5.82 Å². The monoisotopic (exact) mass is 559 g/mol. The molecule has 1 heterocycles. The third kappa shape index (κ3) is 6.66. The number of carbonyl (C=O) groups excluding carboxylic acids is 1. The molecular formula is C31H33N3O5S. The number of aromatic nitrogens is 1. The first-order chi connectivity index (χ1) is 19.2. The van der Waals surface area contributed by atoms with Crippen LogP contribution in [0.3, 0.4) is 0 Å². The Balaban J connectivity index is 1.62. The number of aromatic carboxylic acids is 1. The van der Waals surface area contributed by atoms with Gasteiger partial charge in [0.2, 0.25) is 0 Å². The summed E-state index contributed by atoms with van der Waals surface area (Å²) in [6.45, 7) is 5.96. The van der Waals surface area contributed by atoms with Crippen molar-refractivity contribution in [1.29, 1.82) is 0 Å². The van der Waals surface area contributed by atoms with Crippen LogP contribution in [0, 0.1) is 0 Å². The van der Waals surface area contributed by atoms with Gasteiger partial charge in [-0.3, -0.25) is 4.79 Å². The SMILES string of the molecule is CCCCN(CCCC)c1cccc(-c2ccc(C(=O)NS(=O)(=O)c3ccc4ccccc4c3)cc2C(=O)O)n1. The van der Waals surface area contributed by atoms with Crippen LogP contribution in [0.1, 0.15) is 60.2 Å². The van der Waals surface area contributed by atoms with Crippen molar-refractivity contribution in [3.05, 3.63) is 90.0 Å². The average Bonchev–Trinajstić information content (AvgIpc) is 2.96. The molecule has 0 saturated carbocycles. The van der Waals surface area contributed by atoms with Crippen LogP contribution in [0.15, 0.2) is 83.8 Å². The largest absolute Gasteiger partial charge is 0.478 e. The highest BCUT2D eigenvalue weighted by Crippen LogP contribution is 2.27. The van der Waals surface area contributed by atoms with Crippen molar-refractivity contribution in [3.63, 3.8) is 0 Å². The number of anilines is 1. The number of fused-ring (bicyclic) bond motifs is 1. The van der Waals surface area contributed by atoms with Crippen molar-refractivity contribution in [2.24, 2.45) is 0 Å². The molecule has 9 heteroatoms. The maximum Gasteiger partial charge on any atom is 0.336 e. The van der Waals surface area contributed by atoms with Gasteiger partial charge in [-0.2, -0.15) is 0 Å². The summed E-state index contributed by atoms with van der Waals surface area (Å²) < 4.78 is 28.0. The second kappa shape index (κ2) is 12.7. The number of amides is 1. The number of sulfonamides is 1. The standard InChI is InChI=1S/C31H33N3O5S/c1-3-5-18-34(19-6-4-2)29-13-9-12-28(32-29)26-17-15-24(21-27(26)31(36)37)30(35)33-40(38,39)25-16-14-22-10-7-8-11-23(22)20-25/h7-17,20-21H,3-6,18-19H2,1-2H3,(H,33,35)(H,36,37). The van der Waals surface area contributed by atoms with Gasteiger partial charge in [0.1, 0.15) is 5.82 Å². The van der Waals surface area contributed by atoms with E-state index in [0.29, 0.717) is 16.6 Å². The number of pyridine rings is 1. The zero-order chi connectivity index (χ0) is 28.7. The summed E-state index contributed by atoms with van der Waals surface area (Å²) >= 11 is 0. The number of benzene rings is 3. The highest BCUT2D eigenvalue weighted by molar-refractivity contribution is 7.90. The van der Waals surface area contributed by atoms with E-state index >= 15 is 0 Å². The number of rotatable bonds is 12. The zero-order valence-electron chi connectivity index (χ0n) is 22.6. The van der Waals surface area contributed by atoms with Crippen LogP contribution in [-0.4, -0.2) is 43.5 Å². The molecule has 4 rings (SSSR count). The Morgan fingerprint density at radius 3 is 2.23 bits per heavy atom. The van der Waals surface area contributed by atoms with Gasteiger partial charge in [-0.15, -0.1) is 0 Å². The number of carbonyl (C=O) groups is 2. The number of hydrogen-bond acceptors (Lipinski definition) is 6. The fraction of sp³-hybridized carbons (Fsp3) is 0.258. The molecule has 1 amide bonds. The Morgan fingerprint density at radius 2 is 1.55 bits per heavy atom. The van der Waals surface area contributed by atoms with Gasteiger partial charge in [-0.05, 0) is 60.0 Å². The third-order valence-electron chi connectivity index (χ3n) is 6.67. The van der Waals surface area contributed by atoms with E-state index in [1.54, 1.807) is 24.3 Å². The topological polar surface area (TPSA) is 117 Å². The summed E-state index contributed by atoms with van der Waals surface area (Å²) in [5.41, 5.74) is 0.570. The Morgan fingerprint density at radius 1 is 0.850 bits per heavy atom. The van der Waals surface area contributed by atoms with E-state index in [0.717, 1.165) is 50.0 Å². The van der Waals surface area contributed by atoms with Crippen molar-refractivity contribution in [2.75, 3.05) is 18.0 Å². The van der Waals surface area contributed by atoms with E-state index in [1.165, 1.54) is 30.3 Å². The lowest BCUT2D eigenvalue weighted by Crippen LogP contribution is -2.30. The highest BCUT2D eigenvalue weighted by Gasteiger charge is 2.22. The molecule has 0 unspecified atom stereocenters. The molecule has 1 aromatic heterocycles. The number of nitrogens with zero attached hydrogens (tertiary/aromatic N) is 2. The van der Waals surface area contributed by atoms with Crippen LogP contribution in [0.2, 0.25) is 0 Å². The van der Waals surface area contributed by atoms with Gasteiger partial charge in [-0.25, -0.2) is 22.9 Å². The van der Waals surface area contributed by atoms with Crippen LogP contribution < -0.4 is 9.62 Å². The van der Waals surface area contributed by atoms with Crippen LogP contribution in [0.25, 0.3) is 22.0 Å². The minimum Gasteiger partial charge on any atom is -0.478 e. The molecule has 0 atom stereocenters. The summed E-state index contributed by atoms with van der Waals surface area (Å²) in [7, 11) is -4.19. The number of unbranched alkanes of at least 4 members (excludes halogenated alkanes) is 2. The molecule has 0 saturated heterocycles. The molecule has 0 radical (unpaired) electrons. The molecule has 0 bridgehead atoms. The van der Waals surface area contributed by atoms with Crippen LogP contribution in [0.5, 0.6) is 0 Å². The minimum absolute atomic E-state index is 0.0636. The van der Waals surface area contributed by atoms with Crippen molar-refractivity contribution >= 4 is 38.5 Å². The maximum absolute atomic E-state index is 13.0. The Labute approximate surface area is 234 Å². The maximum atomic E-state index is 13.0. The molecule has 3 aromatic carbocycles. The van der Waals surface area contributed by atoms with Gasteiger partial charge in [-0.1, -0.05) is 69.2 Å². The molecule has 0 spiro atoms. The number of nitrogens with one attached hydrogen (secondary N) is 1. The second-order valence-corrected chi connectivity index (χ2v) is 11.3. The first kappa shape index (κ1) is 28.8. The second-order valence-electron chi connectivity index (χ2n) is 9.58. The van der Waals surface area contributed by atoms with E-state index in [1.807, 2.05) is 24.3 Å². The summed E-state index contributed by atoms with van der Waals surface area (Å²) in [5, 5.41) is 11.5. The van der Waals surface area contributed by atoms with Gasteiger partial charge in [0.15, 0.2) is 0 Å². The lowest BCUT2D eigenvalue weighted by atomic mass is 10.0. The van der Waals surface area contributed by atoms with Crippen molar-refractivity contribution < 1.29 is 23.1 Å². The predicted octanol–water partition coefficient (Wildman–Crippen LogP) is 6.13. The molecule has 0 aliphatic rings. The summed E-state index contributed by atoms with van der Waals surface area (Å²) in [6, 6.07) is 21.4. The quantitative estimate of drug-likeness (QED) is 0.215.